The van der Waals surface area contributed by atoms with Gasteiger partial charge < -0.3 is 5.32 Å². The summed E-state index contributed by atoms with van der Waals surface area (Å²) in [6.45, 7) is 0. The minimum absolute atomic E-state index is 0.720. The number of fused-ring (bicyclic) bond motifs is 1. The Labute approximate surface area is 98.3 Å². The molecular weight excluding hydrogens is 194 g/mol. The van der Waals surface area contributed by atoms with E-state index in [1.165, 1.54) is 32.1 Å². The number of rotatable bonds is 3. The van der Waals surface area contributed by atoms with Crippen LogP contribution in [0.15, 0.2) is 24.3 Å². The molecule has 0 heterocycles. The van der Waals surface area contributed by atoms with Gasteiger partial charge in [0.15, 0.2) is 0 Å². The molecule has 0 radical (unpaired) electrons. The van der Waals surface area contributed by atoms with Gasteiger partial charge in [-0.25, -0.2) is 0 Å². The Bertz CT molecular complexity index is 365. The fraction of sp³-hybridized carbons (Fsp3) is 0.600. The van der Waals surface area contributed by atoms with E-state index in [0.717, 1.165) is 17.9 Å². The van der Waals surface area contributed by atoms with E-state index in [4.69, 9.17) is 0 Å². The number of hydrogen-bond donors (Lipinski definition) is 1. The van der Waals surface area contributed by atoms with Crippen molar-refractivity contribution >= 4 is 0 Å². The molecule has 0 aliphatic heterocycles. The van der Waals surface area contributed by atoms with Gasteiger partial charge in [0.1, 0.15) is 0 Å². The molecule has 1 nitrogen and oxygen atoms in total. The molecule has 16 heavy (non-hydrogen) atoms. The second-order valence-electron chi connectivity index (χ2n) is 5.37. The Morgan fingerprint density at radius 2 is 1.94 bits per heavy atom. The van der Waals surface area contributed by atoms with E-state index in [1.807, 2.05) is 0 Å². The largest absolute Gasteiger partial charge is 0.316 e. The van der Waals surface area contributed by atoms with Crippen LogP contribution in [0.5, 0.6) is 0 Å². The van der Waals surface area contributed by atoms with Crippen molar-refractivity contribution in [1.82, 2.24) is 5.32 Å². The molecule has 0 bridgehead atoms. The van der Waals surface area contributed by atoms with Crippen LogP contribution in [0.2, 0.25) is 0 Å². The molecule has 1 aromatic rings. The standard InChI is InChI=1S/C15H21N/c1-16-15(11-6-2-3-7-11)14-10-12-8-4-5-9-13(12)14/h4-5,8-9,11,14-16H,2-3,6-7,10H2,1H3. The van der Waals surface area contributed by atoms with E-state index < -0.39 is 0 Å². The fourth-order valence-corrected chi connectivity index (χ4v) is 3.70. The van der Waals surface area contributed by atoms with Crippen molar-refractivity contribution in [3.8, 4) is 0 Å². The first-order chi connectivity index (χ1) is 7.90. The van der Waals surface area contributed by atoms with Crippen LogP contribution in [0.1, 0.15) is 42.7 Å². The summed E-state index contributed by atoms with van der Waals surface area (Å²) in [5.41, 5.74) is 3.18. The minimum Gasteiger partial charge on any atom is -0.316 e. The lowest BCUT2D eigenvalue weighted by molar-refractivity contribution is 0.306. The monoisotopic (exact) mass is 215 g/mol. The van der Waals surface area contributed by atoms with Gasteiger partial charge in [-0.1, -0.05) is 37.1 Å². The van der Waals surface area contributed by atoms with Crippen molar-refractivity contribution in [2.24, 2.45) is 5.92 Å². The normalized spacial score (nSPS) is 26.2. The van der Waals surface area contributed by atoms with Crippen LogP contribution in [0.25, 0.3) is 0 Å². The van der Waals surface area contributed by atoms with Crippen LogP contribution in [-0.2, 0) is 6.42 Å². The molecule has 2 aliphatic rings. The van der Waals surface area contributed by atoms with Gasteiger partial charge in [-0.3, -0.25) is 0 Å². The average Bonchev–Trinajstić information content (AvgIpc) is 2.79. The second kappa shape index (κ2) is 4.21. The predicted octanol–water partition coefficient (Wildman–Crippen LogP) is 3.10. The molecule has 1 aromatic carbocycles. The Balaban J connectivity index is 1.78. The summed E-state index contributed by atoms with van der Waals surface area (Å²) in [5.74, 6) is 1.70. The minimum atomic E-state index is 0.720. The average molecular weight is 215 g/mol. The van der Waals surface area contributed by atoms with Gasteiger partial charge in [0, 0.05) is 12.0 Å². The van der Waals surface area contributed by atoms with Crippen molar-refractivity contribution in [3.63, 3.8) is 0 Å². The van der Waals surface area contributed by atoms with Crippen LogP contribution >= 0.6 is 0 Å². The SMILES string of the molecule is CNC(C1CCCC1)C1Cc2ccccc21. The number of benzene rings is 1. The Morgan fingerprint density at radius 3 is 2.62 bits per heavy atom. The Morgan fingerprint density at radius 1 is 1.19 bits per heavy atom. The summed E-state index contributed by atoms with van der Waals surface area (Å²) in [6.07, 6.45) is 7.04. The summed E-state index contributed by atoms with van der Waals surface area (Å²) in [5, 5.41) is 3.59. The van der Waals surface area contributed by atoms with Crippen molar-refractivity contribution in [2.75, 3.05) is 7.05 Å². The highest BCUT2D eigenvalue weighted by atomic mass is 14.9. The van der Waals surface area contributed by atoms with Crippen LogP contribution in [-0.4, -0.2) is 13.1 Å². The first kappa shape index (κ1) is 10.3. The van der Waals surface area contributed by atoms with E-state index in [9.17, 15) is 0 Å². The Kier molecular flexibility index (Phi) is 2.72. The summed E-state index contributed by atoms with van der Waals surface area (Å²) in [4.78, 5) is 0. The third-order valence-electron chi connectivity index (χ3n) is 4.57. The van der Waals surface area contributed by atoms with E-state index in [0.29, 0.717) is 0 Å². The molecule has 1 fully saturated rings. The number of hydrogen-bond acceptors (Lipinski definition) is 1. The molecule has 2 unspecified atom stereocenters. The molecule has 2 atom stereocenters. The zero-order valence-electron chi connectivity index (χ0n) is 10.1. The predicted molar refractivity (Wildman–Crippen MR) is 67.7 cm³/mol. The van der Waals surface area contributed by atoms with Gasteiger partial charge in [-0.05, 0) is 43.4 Å². The lowest BCUT2D eigenvalue weighted by atomic mass is 9.70. The van der Waals surface area contributed by atoms with E-state index in [-0.39, 0.29) is 0 Å². The van der Waals surface area contributed by atoms with Gasteiger partial charge in [0.2, 0.25) is 0 Å². The van der Waals surface area contributed by atoms with Gasteiger partial charge in [-0.15, -0.1) is 0 Å². The topological polar surface area (TPSA) is 12.0 Å². The van der Waals surface area contributed by atoms with Crippen molar-refractivity contribution in [2.45, 2.75) is 44.1 Å². The molecule has 86 valence electrons. The molecule has 1 heteroatoms. The first-order valence-electron chi connectivity index (χ1n) is 6.65. The van der Waals surface area contributed by atoms with Crippen molar-refractivity contribution < 1.29 is 0 Å². The Hall–Kier alpha value is -0.820. The van der Waals surface area contributed by atoms with Gasteiger partial charge in [0.05, 0.1) is 0 Å². The number of likely N-dealkylation sites (N-methyl/N-ethyl adjacent to an activating group) is 1. The lowest BCUT2D eigenvalue weighted by Crippen LogP contribution is -2.42. The summed E-state index contributed by atoms with van der Waals surface area (Å²) < 4.78 is 0. The highest BCUT2D eigenvalue weighted by Crippen LogP contribution is 2.42. The summed E-state index contributed by atoms with van der Waals surface area (Å²) in [7, 11) is 2.14. The molecule has 3 rings (SSSR count). The molecule has 0 saturated heterocycles. The lowest BCUT2D eigenvalue weighted by Gasteiger charge is -2.39. The molecule has 1 saturated carbocycles. The molecule has 0 amide bonds. The van der Waals surface area contributed by atoms with Gasteiger partial charge in [-0.2, -0.15) is 0 Å². The van der Waals surface area contributed by atoms with Gasteiger partial charge in [0.25, 0.3) is 0 Å². The highest BCUT2D eigenvalue weighted by Gasteiger charge is 2.36. The zero-order chi connectivity index (χ0) is 11.0. The van der Waals surface area contributed by atoms with E-state index >= 15 is 0 Å². The van der Waals surface area contributed by atoms with Crippen LogP contribution in [0.4, 0.5) is 0 Å². The maximum absolute atomic E-state index is 3.59. The fourth-order valence-electron chi connectivity index (χ4n) is 3.70. The van der Waals surface area contributed by atoms with Gasteiger partial charge >= 0.3 is 0 Å². The van der Waals surface area contributed by atoms with E-state index in [1.54, 1.807) is 11.1 Å². The van der Waals surface area contributed by atoms with Crippen molar-refractivity contribution in [1.29, 1.82) is 0 Å². The molecule has 0 spiro atoms. The second-order valence-corrected chi connectivity index (χ2v) is 5.37. The molecular formula is C15H21N. The quantitative estimate of drug-likeness (QED) is 0.817. The maximum atomic E-state index is 3.59. The van der Waals surface area contributed by atoms with E-state index in [2.05, 4.69) is 36.6 Å². The van der Waals surface area contributed by atoms with Crippen LogP contribution in [0, 0.1) is 5.92 Å². The molecule has 1 N–H and O–H groups in total. The first-order valence-corrected chi connectivity index (χ1v) is 6.65. The molecule has 2 aliphatic carbocycles. The summed E-state index contributed by atoms with van der Waals surface area (Å²) in [6, 6.07) is 9.68. The zero-order valence-corrected chi connectivity index (χ0v) is 10.1. The van der Waals surface area contributed by atoms with Crippen LogP contribution < -0.4 is 5.32 Å². The van der Waals surface area contributed by atoms with Crippen LogP contribution in [0.3, 0.4) is 0 Å². The third kappa shape index (κ3) is 1.58. The highest BCUT2D eigenvalue weighted by molar-refractivity contribution is 5.41. The number of nitrogens with one attached hydrogen (secondary N) is 1. The molecule has 0 aromatic heterocycles. The smallest absolute Gasteiger partial charge is 0.0164 e. The van der Waals surface area contributed by atoms with Crippen molar-refractivity contribution in [3.05, 3.63) is 35.4 Å². The maximum Gasteiger partial charge on any atom is 0.0164 e. The third-order valence-corrected chi connectivity index (χ3v) is 4.57. The summed E-state index contributed by atoms with van der Waals surface area (Å²) >= 11 is 0.